The van der Waals surface area contributed by atoms with Gasteiger partial charge in [0.1, 0.15) is 11.5 Å². The molecule has 1 fully saturated rings. The molecule has 0 unspecified atom stereocenters. The fraction of sp³-hybridized carbons (Fsp3) is 0.200. The second kappa shape index (κ2) is 9.75. The Hall–Kier alpha value is -3.51. The van der Waals surface area contributed by atoms with Crippen LogP contribution in [0.4, 0.5) is 11.4 Å². The lowest BCUT2D eigenvalue weighted by Crippen LogP contribution is -2.48. The summed E-state index contributed by atoms with van der Waals surface area (Å²) >= 11 is 5.93. The van der Waals surface area contributed by atoms with Crippen LogP contribution in [0.1, 0.15) is 12.7 Å². The van der Waals surface area contributed by atoms with Crippen LogP contribution < -0.4 is 10.2 Å². The van der Waals surface area contributed by atoms with E-state index in [0.29, 0.717) is 29.6 Å². The summed E-state index contributed by atoms with van der Waals surface area (Å²) in [5.74, 6) is 1.13. The molecule has 0 atom stereocenters. The predicted octanol–water partition coefficient (Wildman–Crippen LogP) is 4.92. The maximum absolute atomic E-state index is 12.6. The summed E-state index contributed by atoms with van der Waals surface area (Å²) in [6.07, 6.45) is 3.10. The number of para-hydroxylation sites is 2. The van der Waals surface area contributed by atoms with E-state index in [2.05, 4.69) is 10.2 Å². The van der Waals surface area contributed by atoms with Gasteiger partial charge in [0.2, 0.25) is 11.8 Å². The molecule has 1 aliphatic rings. The van der Waals surface area contributed by atoms with Gasteiger partial charge in [0.05, 0.1) is 11.4 Å². The number of nitrogens with zero attached hydrogens (tertiary/aromatic N) is 2. The lowest BCUT2D eigenvalue weighted by Gasteiger charge is -2.36. The van der Waals surface area contributed by atoms with Crippen LogP contribution in [0.3, 0.4) is 0 Å². The van der Waals surface area contributed by atoms with E-state index in [1.165, 1.54) is 6.08 Å². The summed E-state index contributed by atoms with van der Waals surface area (Å²) in [6.45, 7) is 4.38. The van der Waals surface area contributed by atoms with E-state index in [1.54, 1.807) is 25.1 Å². The number of hydrogen-bond donors (Lipinski definition) is 1. The van der Waals surface area contributed by atoms with Crippen molar-refractivity contribution < 1.29 is 14.0 Å². The standard InChI is InChI=1S/C25H24ClN3O3/c1-18(30)28-14-16-29(17-15-28)23-5-3-2-4-22(23)27-25(31)13-11-21-10-12-24(32-21)19-6-8-20(26)9-7-19/h2-13H,14-17H2,1H3,(H,27,31)/b13-11+. The molecule has 32 heavy (non-hydrogen) atoms. The molecule has 1 aliphatic heterocycles. The van der Waals surface area contributed by atoms with E-state index in [-0.39, 0.29) is 11.8 Å². The average Bonchev–Trinajstić information content (AvgIpc) is 3.28. The molecule has 2 aromatic carbocycles. The van der Waals surface area contributed by atoms with Crippen LogP contribution in [-0.2, 0) is 9.59 Å². The molecule has 0 spiro atoms. The molecule has 1 aromatic heterocycles. The summed E-state index contributed by atoms with van der Waals surface area (Å²) in [5, 5.41) is 3.62. The maximum atomic E-state index is 12.6. The lowest BCUT2D eigenvalue weighted by molar-refractivity contribution is -0.129. The highest BCUT2D eigenvalue weighted by molar-refractivity contribution is 6.30. The molecule has 4 rings (SSSR count). The molecule has 2 amide bonds. The van der Waals surface area contributed by atoms with Gasteiger partial charge in [-0.3, -0.25) is 9.59 Å². The summed E-state index contributed by atoms with van der Waals surface area (Å²) in [4.78, 5) is 28.1. The summed E-state index contributed by atoms with van der Waals surface area (Å²) in [5.41, 5.74) is 2.59. The fourth-order valence-corrected chi connectivity index (χ4v) is 3.79. The van der Waals surface area contributed by atoms with Gasteiger partial charge < -0.3 is 19.5 Å². The number of furan rings is 1. The highest BCUT2D eigenvalue weighted by Gasteiger charge is 2.20. The number of benzene rings is 2. The Labute approximate surface area is 192 Å². The van der Waals surface area contributed by atoms with Crippen LogP contribution in [0.25, 0.3) is 17.4 Å². The highest BCUT2D eigenvalue weighted by Crippen LogP contribution is 2.27. The number of carbonyl (C=O) groups excluding carboxylic acids is 2. The molecule has 3 aromatic rings. The minimum atomic E-state index is -0.246. The molecule has 1 saturated heterocycles. The molecule has 6 nitrogen and oxygen atoms in total. The smallest absolute Gasteiger partial charge is 0.248 e. The van der Waals surface area contributed by atoms with Crippen molar-refractivity contribution in [3.05, 3.63) is 77.5 Å². The Morgan fingerprint density at radius 2 is 1.69 bits per heavy atom. The van der Waals surface area contributed by atoms with Crippen LogP contribution in [0.15, 0.2) is 71.2 Å². The molecular weight excluding hydrogens is 426 g/mol. The third kappa shape index (κ3) is 5.21. The number of amides is 2. The first-order chi connectivity index (χ1) is 15.5. The van der Waals surface area contributed by atoms with Gasteiger partial charge in [0.15, 0.2) is 0 Å². The molecule has 2 heterocycles. The molecule has 0 aliphatic carbocycles. The number of anilines is 2. The van der Waals surface area contributed by atoms with Gasteiger partial charge in [0.25, 0.3) is 0 Å². The van der Waals surface area contributed by atoms with Crippen molar-refractivity contribution in [3.63, 3.8) is 0 Å². The fourth-order valence-electron chi connectivity index (χ4n) is 3.66. The zero-order chi connectivity index (χ0) is 22.5. The molecule has 1 N–H and O–H groups in total. The lowest BCUT2D eigenvalue weighted by atomic mass is 10.2. The molecule has 0 saturated carbocycles. The van der Waals surface area contributed by atoms with Crippen LogP contribution >= 0.6 is 11.6 Å². The van der Waals surface area contributed by atoms with Crippen molar-refractivity contribution in [2.24, 2.45) is 0 Å². The topological polar surface area (TPSA) is 65.8 Å². The third-order valence-electron chi connectivity index (χ3n) is 5.38. The van der Waals surface area contributed by atoms with E-state index in [4.69, 9.17) is 16.0 Å². The van der Waals surface area contributed by atoms with Gasteiger partial charge in [-0.15, -0.1) is 0 Å². The first kappa shape index (κ1) is 21.7. The second-order valence-electron chi connectivity index (χ2n) is 7.54. The number of hydrogen-bond acceptors (Lipinski definition) is 4. The van der Waals surface area contributed by atoms with E-state index in [1.807, 2.05) is 53.4 Å². The van der Waals surface area contributed by atoms with E-state index in [9.17, 15) is 9.59 Å². The zero-order valence-corrected chi connectivity index (χ0v) is 18.5. The van der Waals surface area contributed by atoms with Gasteiger partial charge >= 0.3 is 0 Å². The van der Waals surface area contributed by atoms with E-state index < -0.39 is 0 Å². The molecule has 0 radical (unpaired) electrons. The van der Waals surface area contributed by atoms with Crippen molar-refractivity contribution in [3.8, 4) is 11.3 Å². The van der Waals surface area contributed by atoms with Crippen molar-refractivity contribution in [2.75, 3.05) is 36.4 Å². The highest BCUT2D eigenvalue weighted by atomic mass is 35.5. The van der Waals surface area contributed by atoms with Gasteiger partial charge in [-0.1, -0.05) is 23.7 Å². The second-order valence-corrected chi connectivity index (χ2v) is 7.98. The number of halogens is 1. The van der Waals surface area contributed by atoms with Gasteiger partial charge in [-0.2, -0.15) is 0 Å². The van der Waals surface area contributed by atoms with Crippen LogP contribution in [-0.4, -0.2) is 42.9 Å². The first-order valence-electron chi connectivity index (χ1n) is 10.4. The number of nitrogens with one attached hydrogen (secondary N) is 1. The third-order valence-corrected chi connectivity index (χ3v) is 5.63. The van der Waals surface area contributed by atoms with Crippen molar-refractivity contribution in [2.45, 2.75) is 6.92 Å². The van der Waals surface area contributed by atoms with E-state index >= 15 is 0 Å². The van der Waals surface area contributed by atoms with E-state index in [0.717, 1.165) is 30.0 Å². The van der Waals surface area contributed by atoms with Crippen molar-refractivity contribution >= 4 is 40.9 Å². The molecule has 164 valence electrons. The number of rotatable bonds is 5. The minimum absolute atomic E-state index is 0.0912. The van der Waals surface area contributed by atoms with Crippen molar-refractivity contribution in [1.82, 2.24) is 4.90 Å². The largest absolute Gasteiger partial charge is 0.457 e. The summed E-state index contributed by atoms with van der Waals surface area (Å²) < 4.78 is 5.81. The number of piperazine rings is 1. The van der Waals surface area contributed by atoms with Crippen LogP contribution in [0.5, 0.6) is 0 Å². The minimum Gasteiger partial charge on any atom is -0.457 e. The molecule has 0 bridgehead atoms. The Morgan fingerprint density at radius 1 is 0.969 bits per heavy atom. The van der Waals surface area contributed by atoms with Gasteiger partial charge in [-0.25, -0.2) is 0 Å². The molecular formula is C25H24ClN3O3. The average molecular weight is 450 g/mol. The quantitative estimate of drug-likeness (QED) is 0.561. The monoisotopic (exact) mass is 449 g/mol. The Morgan fingerprint density at radius 3 is 2.41 bits per heavy atom. The maximum Gasteiger partial charge on any atom is 0.248 e. The van der Waals surface area contributed by atoms with Gasteiger partial charge in [0, 0.05) is 49.8 Å². The Bertz CT molecular complexity index is 1130. The number of carbonyl (C=O) groups is 2. The molecule has 7 heteroatoms. The van der Waals surface area contributed by atoms with Gasteiger partial charge in [-0.05, 0) is 54.6 Å². The van der Waals surface area contributed by atoms with Crippen LogP contribution in [0, 0.1) is 0 Å². The first-order valence-corrected chi connectivity index (χ1v) is 10.8. The normalized spacial score (nSPS) is 14.1. The van der Waals surface area contributed by atoms with Crippen molar-refractivity contribution in [1.29, 1.82) is 0 Å². The zero-order valence-electron chi connectivity index (χ0n) is 17.8. The summed E-state index contributed by atoms with van der Waals surface area (Å²) in [7, 11) is 0. The Balaban J connectivity index is 1.40. The van der Waals surface area contributed by atoms with Crippen LogP contribution in [0.2, 0.25) is 5.02 Å². The summed E-state index contributed by atoms with van der Waals surface area (Å²) in [6, 6.07) is 18.7. The SMILES string of the molecule is CC(=O)N1CCN(c2ccccc2NC(=O)/C=C/c2ccc(-c3ccc(Cl)cc3)o2)CC1. The predicted molar refractivity (Wildman–Crippen MR) is 128 cm³/mol. The Kier molecular flexibility index (Phi) is 6.61.